The molecule has 2 rings (SSSR count). The van der Waals surface area contributed by atoms with Gasteiger partial charge in [-0.3, -0.25) is 4.79 Å². The SMILES string of the molecule is Cc1cccc(C(C)C)c1NC(=O)[C@H](C)OC(=O)c1cccc(N(C)C)c1. The highest BCUT2D eigenvalue weighted by Gasteiger charge is 2.21. The van der Waals surface area contributed by atoms with Gasteiger partial charge in [0, 0.05) is 25.5 Å². The van der Waals surface area contributed by atoms with E-state index in [1.807, 2.05) is 50.2 Å². The summed E-state index contributed by atoms with van der Waals surface area (Å²) in [6.07, 6.45) is -0.903. The van der Waals surface area contributed by atoms with Crippen molar-refractivity contribution >= 4 is 23.3 Å². The largest absolute Gasteiger partial charge is 0.449 e. The summed E-state index contributed by atoms with van der Waals surface area (Å²) in [5.74, 6) is -0.592. The van der Waals surface area contributed by atoms with Crippen molar-refractivity contribution in [2.45, 2.75) is 39.7 Å². The third-order valence-corrected chi connectivity index (χ3v) is 4.43. The second kappa shape index (κ2) is 8.71. The molecule has 0 spiro atoms. The van der Waals surface area contributed by atoms with E-state index in [1.54, 1.807) is 25.1 Å². The zero-order chi connectivity index (χ0) is 20.1. The van der Waals surface area contributed by atoms with Gasteiger partial charge in [-0.25, -0.2) is 4.79 Å². The van der Waals surface area contributed by atoms with E-state index >= 15 is 0 Å². The van der Waals surface area contributed by atoms with E-state index in [-0.39, 0.29) is 11.8 Å². The Hall–Kier alpha value is -2.82. The van der Waals surface area contributed by atoms with Gasteiger partial charge in [0.25, 0.3) is 5.91 Å². The Morgan fingerprint density at radius 2 is 1.70 bits per heavy atom. The molecule has 1 atom stereocenters. The molecule has 0 fully saturated rings. The van der Waals surface area contributed by atoms with Gasteiger partial charge in [-0.15, -0.1) is 0 Å². The normalized spacial score (nSPS) is 11.8. The lowest BCUT2D eigenvalue weighted by Gasteiger charge is -2.19. The molecule has 0 bridgehead atoms. The molecule has 5 heteroatoms. The number of carbonyl (C=O) groups excluding carboxylic acids is 2. The van der Waals surface area contributed by atoms with Crippen LogP contribution >= 0.6 is 0 Å². The van der Waals surface area contributed by atoms with Crippen molar-refractivity contribution < 1.29 is 14.3 Å². The van der Waals surface area contributed by atoms with Gasteiger partial charge >= 0.3 is 5.97 Å². The third-order valence-electron chi connectivity index (χ3n) is 4.43. The number of benzene rings is 2. The third kappa shape index (κ3) is 5.09. The fourth-order valence-corrected chi connectivity index (χ4v) is 2.76. The Bertz CT molecular complexity index is 828. The summed E-state index contributed by atoms with van der Waals surface area (Å²) >= 11 is 0. The molecule has 2 aromatic rings. The zero-order valence-electron chi connectivity index (χ0n) is 16.9. The fourth-order valence-electron chi connectivity index (χ4n) is 2.76. The first-order valence-electron chi connectivity index (χ1n) is 9.09. The number of esters is 1. The van der Waals surface area contributed by atoms with Crippen LogP contribution in [0, 0.1) is 6.92 Å². The molecule has 0 aliphatic heterocycles. The molecule has 0 saturated heterocycles. The molecule has 0 saturated carbocycles. The molecule has 144 valence electrons. The Morgan fingerprint density at radius 1 is 1.04 bits per heavy atom. The maximum absolute atomic E-state index is 12.6. The number of hydrogen-bond donors (Lipinski definition) is 1. The molecule has 0 aliphatic carbocycles. The number of anilines is 2. The second-order valence-corrected chi connectivity index (χ2v) is 7.18. The molecule has 0 heterocycles. The molecule has 0 aromatic heterocycles. The van der Waals surface area contributed by atoms with E-state index < -0.39 is 12.1 Å². The topological polar surface area (TPSA) is 58.6 Å². The van der Waals surface area contributed by atoms with Gasteiger partial charge in [0.2, 0.25) is 0 Å². The van der Waals surface area contributed by atoms with Crippen molar-refractivity contribution in [3.05, 3.63) is 59.2 Å². The maximum Gasteiger partial charge on any atom is 0.338 e. The molecule has 0 radical (unpaired) electrons. The highest BCUT2D eigenvalue weighted by atomic mass is 16.5. The first-order valence-corrected chi connectivity index (χ1v) is 9.09. The predicted molar refractivity (Wildman–Crippen MR) is 110 cm³/mol. The lowest BCUT2D eigenvalue weighted by Crippen LogP contribution is -2.30. The minimum absolute atomic E-state index is 0.270. The lowest BCUT2D eigenvalue weighted by molar-refractivity contribution is -0.123. The smallest absolute Gasteiger partial charge is 0.338 e. The Morgan fingerprint density at radius 3 is 2.33 bits per heavy atom. The summed E-state index contributed by atoms with van der Waals surface area (Å²) in [6.45, 7) is 7.68. The Kier molecular flexibility index (Phi) is 6.61. The number of hydrogen-bond acceptors (Lipinski definition) is 4. The first-order chi connectivity index (χ1) is 12.7. The Balaban J connectivity index is 2.10. The van der Waals surface area contributed by atoms with Crippen LogP contribution in [-0.4, -0.2) is 32.1 Å². The van der Waals surface area contributed by atoms with Crippen LogP contribution in [0.1, 0.15) is 48.2 Å². The van der Waals surface area contributed by atoms with Crippen LogP contribution in [0.3, 0.4) is 0 Å². The second-order valence-electron chi connectivity index (χ2n) is 7.18. The standard InChI is InChI=1S/C22H28N2O3/c1-14(2)19-12-7-9-15(3)20(19)23-21(25)16(4)27-22(26)17-10-8-11-18(13-17)24(5)6/h7-14,16H,1-6H3,(H,23,25)/t16-/m0/s1. The minimum atomic E-state index is -0.903. The molecule has 0 aliphatic rings. The number of nitrogens with zero attached hydrogens (tertiary/aromatic N) is 1. The van der Waals surface area contributed by atoms with Crippen LogP contribution in [0.2, 0.25) is 0 Å². The summed E-state index contributed by atoms with van der Waals surface area (Å²) in [5.41, 5.74) is 4.13. The molecule has 5 nitrogen and oxygen atoms in total. The van der Waals surface area contributed by atoms with Gasteiger partial charge < -0.3 is 15.0 Å². The van der Waals surface area contributed by atoms with E-state index in [1.165, 1.54) is 0 Å². The van der Waals surface area contributed by atoms with Crippen LogP contribution in [0.5, 0.6) is 0 Å². The van der Waals surface area contributed by atoms with Gasteiger partial charge in [-0.1, -0.05) is 38.1 Å². The van der Waals surface area contributed by atoms with Crippen LogP contribution in [0.15, 0.2) is 42.5 Å². The van der Waals surface area contributed by atoms with E-state index in [2.05, 4.69) is 19.2 Å². The molecule has 1 N–H and O–H groups in total. The minimum Gasteiger partial charge on any atom is -0.449 e. The number of rotatable bonds is 6. The van der Waals surface area contributed by atoms with Gasteiger partial charge in [0.15, 0.2) is 6.10 Å². The summed E-state index contributed by atoms with van der Waals surface area (Å²) in [5, 5.41) is 2.92. The summed E-state index contributed by atoms with van der Waals surface area (Å²) in [7, 11) is 3.80. The Labute approximate surface area is 161 Å². The monoisotopic (exact) mass is 368 g/mol. The van der Waals surface area contributed by atoms with Gasteiger partial charge in [-0.05, 0) is 49.1 Å². The predicted octanol–water partition coefficient (Wildman–Crippen LogP) is 4.37. The van der Waals surface area contributed by atoms with Crippen molar-refractivity contribution in [3.63, 3.8) is 0 Å². The van der Waals surface area contributed by atoms with Crippen molar-refractivity contribution in [1.82, 2.24) is 0 Å². The fraction of sp³-hybridized carbons (Fsp3) is 0.364. The number of aryl methyl sites for hydroxylation is 1. The molecule has 0 unspecified atom stereocenters. The summed E-state index contributed by atoms with van der Waals surface area (Å²) in [6, 6.07) is 13.0. The molecular weight excluding hydrogens is 340 g/mol. The van der Waals surface area contributed by atoms with Crippen molar-refractivity contribution in [2.75, 3.05) is 24.3 Å². The maximum atomic E-state index is 12.6. The number of para-hydroxylation sites is 1. The first kappa shape index (κ1) is 20.5. The molecule has 1 amide bonds. The number of carbonyl (C=O) groups is 2. The van der Waals surface area contributed by atoms with E-state index in [0.717, 1.165) is 22.5 Å². The lowest BCUT2D eigenvalue weighted by atomic mass is 9.98. The van der Waals surface area contributed by atoms with Crippen molar-refractivity contribution in [2.24, 2.45) is 0 Å². The molecule has 27 heavy (non-hydrogen) atoms. The van der Waals surface area contributed by atoms with E-state index in [4.69, 9.17) is 4.74 Å². The van der Waals surface area contributed by atoms with Crippen molar-refractivity contribution in [1.29, 1.82) is 0 Å². The van der Waals surface area contributed by atoms with Crippen LogP contribution in [0.4, 0.5) is 11.4 Å². The summed E-state index contributed by atoms with van der Waals surface area (Å²) < 4.78 is 5.38. The van der Waals surface area contributed by atoms with Crippen molar-refractivity contribution in [3.8, 4) is 0 Å². The van der Waals surface area contributed by atoms with Gasteiger partial charge in [0.05, 0.1) is 5.56 Å². The average Bonchev–Trinajstić information content (AvgIpc) is 2.62. The van der Waals surface area contributed by atoms with E-state index in [9.17, 15) is 9.59 Å². The zero-order valence-corrected chi connectivity index (χ0v) is 16.9. The quantitative estimate of drug-likeness (QED) is 0.769. The number of ether oxygens (including phenoxy) is 1. The average molecular weight is 368 g/mol. The summed E-state index contributed by atoms with van der Waals surface area (Å²) in [4.78, 5) is 26.9. The number of amides is 1. The number of nitrogens with one attached hydrogen (secondary N) is 1. The molecular formula is C22H28N2O3. The van der Waals surface area contributed by atoms with Crippen LogP contribution in [0.25, 0.3) is 0 Å². The van der Waals surface area contributed by atoms with Gasteiger partial charge in [0.1, 0.15) is 0 Å². The molecule has 2 aromatic carbocycles. The van der Waals surface area contributed by atoms with Gasteiger partial charge in [-0.2, -0.15) is 0 Å². The van der Waals surface area contributed by atoms with Crippen LogP contribution in [-0.2, 0) is 9.53 Å². The van der Waals surface area contributed by atoms with E-state index in [0.29, 0.717) is 5.56 Å². The highest BCUT2D eigenvalue weighted by Crippen LogP contribution is 2.27. The van der Waals surface area contributed by atoms with Crippen LogP contribution < -0.4 is 10.2 Å². The highest BCUT2D eigenvalue weighted by molar-refractivity contribution is 5.98.